The van der Waals surface area contributed by atoms with Crippen LogP contribution in [0.4, 0.5) is 0 Å². The molecule has 16 nitrogen and oxygen atoms in total. The van der Waals surface area contributed by atoms with Crippen LogP contribution in [0.1, 0.15) is 20.3 Å². The molecule has 0 radical (unpaired) electrons. The van der Waals surface area contributed by atoms with Crippen molar-refractivity contribution in [3.05, 3.63) is 24.1 Å². The lowest BCUT2D eigenvalue weighted by Crippen LogP contribution is -2.72. The van der Waals surface area contributed by atoms with Crippen LogP contribution in [0.15, 0.2) is 24.1 Å². The second-order valence-electron chi connectivity index (χ2n) is 9.63. The van der Waals surface area contributed by atoms with Gasteiger partial charge in [-0.2, -0.15) is 0 Å². The largest absolute Gasteiger partial charge is 0.450 e. The highest BCUT2D eigenvalue weighted by molar-refractivity contribution is 5.93. The first-order valence-corrected chi connectivity index (χ1v) is 12.1. The topological polar surface area (TPSA) is 254 Å². The van der Waals surface area contributed by atoms with Crippen LogP contribution in [0.25, 0.3) is 0 Å². The number of fused-ring (bicyclic) bond motifs is 2. The summed E-state index contributed by atoms with van der Waals surface area (Å²) in [6.07, 6.45) is -12.2. The maximum absolute atomic E-state index is 13.2. The van der Waals surface area contributed by atoms with E-state index in [1.807, 2.05) is 0 Å². The van der Waals surface area contributed by atoms with E-state index in [-0.39, 0.29) is 0 Å². The van der Waals surface area contributed by atoms with Crippen molar-refractivity contribution in [2.24, 2.45) is 0 Å². The van der Waals surface area contributed by atoms with Gasteiger partial charge in [0.15, 0.2) is 0 Å². The number of aliphatic hydroxyl groups is 7. The fraction of sp³-hybridized carbons (Fsp3) is 0.696. The molecule has 39 heavy (non-hydrogen) atoms. The van der Waals surface area contributed by atoms with Gasteiger partial charge < -0.3 is 65.3 Å². The fourth-order valence-corrected chi connectivity index (χ4v) is 4.64. The molecular weight excluding hydrogens is 528 g/mol. The molecule has 9 N–H and O–H groups in total. The number of carbonyl (C=O) groups excluding carboxylic acids is 3. The van der Waals surface area contributed by atoms with Gasteiger partial charge in [-0.05, 0) is 6.92 Å². The Morgan fingerprint density at radius 2 is 1.85 bits per heavy atom. The smallest absolute Gasteiger partial charge is 0.374 e. The first kappa shape index (κ1) is 30.9. The van der Waals surface area contributed by atoms with Crippen molar-refractivity contribution in [3.8, 4) is 0 Å². The average Bonchev–Trinajstić information content (AvgIpc) is 3.24. The van der Waals surface area contributed by atoms with E-state index in [9.17, 15) is 45.0 Å². The molecular formula is C23H34N2O14. The summed E-state index contributed by atoms with van der Waals surface area (Å²) in [7, 11) is 0. The molecule has 2 bridgehead atoms. The number of rotatable bonds is 11. The van der Waals surface area contributed by atoms with Crippen molar-refractivity contribution in [1.29, 1.82) is 0 Å². The Balaban J connectivity index is 1.85. The van der Waals surface area contributed by atoms with Gasteiger partial charge in [0.25, 0.3) is 5.79 Å². The number of cyclic esters (lactones) is 1. The Labute approximate surface area is 222 Å². The van der Waals surface area contributed by atoms with Crippen LogP contribution < -0.4 is 10.6 Å². The molecule has 16 heteroatoms. The lowest BCUT2D eigenvalue weighted by atomic mass is 9.86. The number of hydrogen-bond acceptors (Lipinski definition) is 15. The van der Waals surface area contributed by atoms with E-state index in [2.05, 4.69) is 17.2 Å². The maximum atomic E-state index is 13.2. The third-order valence-corrected chi connectivity index (χ3v) is 6.52. The molecule has 220 valence electrons. The minimum absolute atomic E-state index is 0.425. The van der Waals surface area contributed by atoms with Crippen LogP contribution in [0.5, 0.6) is 0 Å². The summed E-state index contributed by atoms with van der Waals surface area (Å²) in [4.78, 5) is 37.4. The van der Waals surface area contributed by atoms with E-state index in [1.165, 1.54) is 0 Å². The summed E-state index contributed by atoms with van der Waals surface area (Å²) < 4.78 is 21.5. The molecule has 0 aliphatic carbocycles. The van der Waals surface area contributed by atoms with Gasteiger partial charge in [0.05, 0.1) is 31.4 Å². The standard InChI is InChI=1S/C23H34N2O14/c1-8(2)24-15-10(29)5-23(38-14(7-27)18(32)20(15)39-23)22(35)37-13-4-12(36-21(13)34)16(25-9(3)28)19(33)17(31)11(30)6-26/h4,10-12,14-20,24,26-27,29-33H,1,5-7H2,2-3H3,(H,25,28). The molecule has 0 aromatic heterocycles. The van der Waals surface area contributed by atoms with Gasteiger partial charge in [0, 0.05) is 25.1 Å². The minimum atomic E-state index is -2.35. The monoisotopic (exact) mass is 562 g/mol. The molecule has 3 heterocycles. The second-order valence-corrected chi connectivity index (χ2v) is 9.63. The van der Waals surface area contributed by atoms with Gasteiger partial charge in [-0.1, -0.05) is 6.58 Å². The maximum Gasteiger partial charge on any atom is 0.374 e. The van der Waals surface area contributed by atoms with Gasteiger partial charge in [-0.25, -0.2) is 9.59 Å². The third kappa shape index (κ3) is 6.40. The predicted octanol–water partition coefficient (Wildman–Crippen LogP) is -4.99. The Morgan fingerprint density at radius 3 is 2.41 bits per heavy atom. The second kappa shape index (κ2) is 12.2. The van der Waals surface area contributed by atoms with E-state index >= 15 is 0 Å². The highest BCUT2D eigenvalue weighted by atomic mass is 16.8. The zero-order chi connectivity index (χ0) is 29.2. The molecule has 1 amide bonds. The van der Waals surface area contributed by atoms with Crippen LogP contribution in [-0.4, -0.2) is 134 Å². The van der Waals surface area contributed by atoms with E-state index in [0.717, 1.165) is 13.0 Å². The summed E-state index contributed by atoms with van der Waals surface area (Å²) in [6, 6.07) is -2.47. The molecule has 11 unspecified atom stereocenters. The van der Waals surface area contributed by atoms with Crippen LogP contribution in [0, 0.1) is 0 Å². The zero-order valence-electron chi connectivity index (χ0n) is 21.2. The molecule has 2 fully saturated rings. The Morgan fingerprint density at radius 1 is 1.18 bits per heavy atom. The van der Waals surface area contributed by atoms with Crippen molar-refractivity contribution >= 4 is 17.8 Å². The zero-order valence-corrected chi connectivity index (χ0v) is 21.2. The van der Waals surface area contributed by atoms with Gasteiger partial charge >= 0.3 is 11.9 Å². The molecule has 11 atom stereocenters. The summed E-state index contributed by atoms with van der Waals surface area (Å²) in [5.41, 5.74) is 0.425. The summed E-state index contributed by atoms with van der Waals surface area (Å²) in [6.45, 7) is 4.70. The highest BCUT2D eigenvalue weighted by Crippen LogP contribution is 2.40. The molecule has 0 saturated carbocycles. The number of nitrogens with one attached hydrogen (secondary N) is 2. The lowest BCUT2D eigenvalue weighted by molar-refractivity contribution is -0.370. The quantitative estimate of drug-likeness (QED) is 0.107. The molecule has 2 saturated heterocycles. The number of esters is 2. The number of aliphatic hydroxyl groups excluding tert-OH is 7. The van der Waals surface area contributed by atoms with Gasteiger partial charge in [-0.15, -0.1) is 0 Å². The van der Waals surface area contributed by atoms with E-state index < -0.39 is 110 Å². The number of amides is 1. The summed E-state index contributed by atoms with van der Waals surface area (Å²) in [5, 5.41) is 75.4. The first-order valence-electron chi connectivity index (χ1n) is 12.1. The van der Waals surface area contributed by atoms with E-state index in [0.29, 0.717) is 5.70 Å². The van der Waals surface area contributed by atoms with Crippen molar-refractivity contribution in [1.82, 2.24) is 10.6 Å². The van der Waals surface area contributed by atoms with Crippen molar-refractivity contribution in [2.45, 2.75) is 87.0 Å². The highest BCUT2D eigenvalue weighted by Gasteiger charge is 2.62. The number of ether oxygens (including phenoxy) is 4. The number of carbonyl (C=O) groups is 3. The van der Waals surface area contributed by atoms with Crippen molar-refractivity contribution in [3.63, 3.8) is 0 Å². The fourth-order valence-electron chi connectivity index (χ4n) is 4.64. The third-order valence-electron chi connectivity index (χ3n) is 6.52. The normalized spacial score (nSPS) is 35.1. The number of hydrogen-bond donors (Lipinski definition) is 9. The van der Waals surface area contributed by atoms with Crippen LogP contribution in [-0.2, 0) is 33.3 Å². The molecule has 0 spiro atoms. The molecule has 3 aliphatic heterocycles. The number of allylic oxidation sites excluding steroid dienone is 1. The first-order chi connectivity index (χ1) is 18.2. The Hall–Kier alpha value is -2.67. The van der Waals surface area contributed by atoms with Crippen LogP contribution in [0.3, 0.4) is 0 Å². The SMILES string of the molecule is C=C(C)NC1C(O)CC2(C(=O)OC3=CC(C(NC(C)=O)C(O)C(O)C(O)CO)OC3=O)OC(CO)C(O)C1O2. The average molecular weight is 563 g/mol. The van der Waals surface area contributed by atoms with Gasteiger partial charge in [0.2, 0.25) is 11.7 Å². The van der Waals surface area contributed by atoms with E-state index in [1.54, 1.807) is 6.92 Å². The van der Waals surface area contributed by atoms with Gasteiger partial charge in [0.1, 0.15) is 42.7 Å². The van der Waals surface area contributed by atoms with Crippen molar-refractivity contribution in [2.75, 3.05) is 13.2 Å². The molecule has 0 aromatic carbocycles. The van der Waals surface area contributed by atoms with Gasteiger partial charge in [-0.3, -0.25) is 4.79 Å². The van der Waals surface area contributed by atoms with Crippen LogP contribution >= 0.6 is 0 Å². The minimum Gasteiger partial charge on any atom is -0.450 e. The molecule has 3 aliphatic rings. The summed E-state index contributed by atoms with van der Waals surface area (Å²) >= 11 is 0. The predicted molar refractivity (Wildman–Crippen MR) is 125 cm³/mol. The van der Waals surface area contributed by atoms with E-state index in [4.69, 9.17) is 24.1 Å². The Kier molecular flexibility index (Phi) is 9.69. The van der Waals surface area contributed by atoms with Crippen LogP contribution in [0.2, 0.25) is 0 Å². The van der Waals surface area contributed by atoms with Crippen molar-refractivity contribution < 1.29 is 69.1 Å². The lowest BCUT2D eigenvalue weighted by Gasteiger charge is -2.52. The summed E-state index contributed by atoms with van der Waals surface area (Å²) in [5.74, 6) is -6.32. The Bertz CT molecular complexity index is 990. The molecule has 3 rings (SSSR count). The molecule has 0 aromatic rings.